The summed E-state index contributed by atoms with van der Waals surface area (Å²) in [7, 11) is -3.54. The number of unbranched alkanes of at least 4 members (excludes halogenated alkanes) is 1. The molecule has 0 spiro atoms. The zero-order chi connectivity index (χ0) is 23.5. The Balaban J connectivity index is 1.07. The molecular formula is C25H27ClN4O2S2. The molecule has 2 heterocycles. The molecule has 6 nitrogen and oxygen atoms in total. The molecule has 1 saturated heterocycles. The largest absolute Gasteiger partial charge is 0.353 e. The molecule has 1 aromatic heterocycles. The van der Waals surface area contributed by atoms with Crippen LogP contribution in [0, 0.1) is 0 Å². The first-order chi connectivity index (χ1) is 16.5. The highest BCUT2D eigenvalue weighted by Gasteiger charge is 2.20. The van der Waals surface area contributed by atoms with Gasteiger partial charge in [-0.3, -0.25) is 4.90 Å². The van der Waals surface area contributed by atoms with Crippen LogP contribution in [-0.2, 0) is 10.0 Å². The first kappa shape index (κ1) is 23.5. The van der Waals surface area contributed by atoms with E-state index >= 15 is 0 Å². The summed E-state index contributed by atoms with van der Waals surface area (Å²) in [6.07, 6.45) is 1.76. The number of nitrogens with zero attached hydrogens (tertiary/aromatic N) is 3. The van der Waals surface area contributed by atoms with Gasteiger partial charge in [-0.05, 0) is 78.1 Å². The smallest absolute Gasteiger partial charge is 0.240 e. The summed E-state index contributed by atoms with van der Waals surface area (Å²) in [4.78, 5) is 5.10. The third-order valence-corrected chi connectivity index (χ3v) is 8.82. The van der Waals surface area contributed by atoms with Gasteiger partial charge in [0.05, 0.1) is 9.60 Å². The van der Waals surface area contributed by atoms with Crippen LogP contribution >= 0.6 is 23.1 Å². The molecule has 1 N–H and O–H groups in total. The van der Waals surface area contributed by atoms with Crippen LogP contribution in [0.15, 0.2) is 65.6 Å². The van der Waals surface area contributed by atoms with E-state index in [0.29, 0.717) is 11.6 Å². The monoisotopic (exact) mass is 514 g/mol. The molecule has 4 aromatic rings. The Morgan fingerprint density at radius 1 is 0.941 bits per heavy atom. The maximum atomic E-state index is 12.7. The third kappa shape index (κ3) is 5.21. The van der Waals surface area contributed by atoms with Gasteiger partial charge < -0.3 is 4.90 Å². The van der Waals surface area contributed by atoms with Crippen molar-refractivity contribution in [3.63, 3.8) is 0 Å². The van der Waals surface area contributed by atoms with Gasteiger partial charge in [0.1, 0.15) is 5.82 Å². The lowest BCUT2D eigenvalue weighted by Crippen LogP contribution is -2.46. The van der Waals surface area contributed by atoms with Crippen molar-refractivity contribution < 1.29 is 8.42 Å². The zero-order valence-corrected chi connectivity index (χ0v) is 21.2. The first-order valence-corrected chi connectivity index (χ1v) is 14.1. The fourth-order valence-corrected chi connectivity index (χ4v) is 6.48. The number of aromatic nitrogens is 1. The molecule has 34 heavy (non-hydrogen) atoms. The first-order valence-electron chi connectivity index (χ1n) is 11.5. The van der Waals surface area contributed by atoms with Crippen molar-refractivity contribution in [2.24, 2.45) is 0 Å². The van der Waals surface area contributed by atoms with Crippen LogP contribution in [0.1, 0.15) is 12.8 Å². The second-order valence-electron chi connectivity index (χ2n) is 8.59. The van der Waals surface area contributed by atoms with Crippen LogP contribution < -0.4 is 9.62 Å². The van der Waals surface area contributed by atoms with Gasteiger partial charge in [-0.25, -0.2) is 13.1 Å². The van der Waals surface area contributed by atoms with Crippen molar-refractivity contribution in [2.75, 3.05) is 44.2 Å². The number of hydrogen-bond donors (Lipinski definition) is 1. The highest BCUT2D eigenvalue weighted by atomic mass is 35.5. The Morgan fingerprint density at radius 2 is 1.74 bits per heavy atom. The van der Waals surface area contributed by atoms with Crippen molar-refractivity contribution in [1.29, 1.82) is 0 Å². The number of piperazine rings is 1. The molecule has 3 aromatic carbocycles. The summed E-state index contributed by atoms with van der Waals surface area (Å²) in [5, 5.41) is 3.62. The normalized spacial score (nSPS) is 15.4. The maximum Gasteiger partial charge on any atom is 0.240 e. The molecule has 0 radical (unpaired) electrons. The molecule has 1 aliphatic rings. The van der Waals surface area contributed by atoms with E-state index in [1.165, 1.54) is 10.1 Å². The molecule has 1 aliphatic heterocycles. The Morgan fingerprint density at radius 3 is 2.59 bits per heavy atom. The number of fused-ring (bicyclic) bond motifs is 2. The number of halogens is 1. The van der Waals surface area contributed by atoms with E-state index in [-0.39, 0.29) is 4.90 Å². The molecule has 0 saturated carbocycles. The zero-order valence-electron chi connectivity index (χ0n) is 18.8. The average Bonchev–Trinajstić information content (AvgIpc) is 3.28. The predicted octanol–water partition coefficient (Wildman–Crippen LogP) is 4.98. The standard InChI is InChI=1S/C25H27ClN4O2S2/c26-21-9-7-19-8-10-22(18-20(19)17-21)34(31,32)27-11-3-4-12-29-13-15-30(16-14-29)25-23-5-1-2-6-24(23)33-28-25/h1-2,5-10,17-18,27H,3-4,11-16H2. The number of anilines is 1. The van der Waals surface area contributed by atoms with E-state index in [1.54, 1.807) is 35.8 Å². The van der Waals surface area contributed by atoms with E-state index in [4.69, 9.17) is 11.6 Å². The van der Waals surface area contributed by atoms with Crippen LogP contribution in [0.3, 0.4) is 0 Å². The number of rotatable bonds is 8. The van der Waals surface area contributed by atoms with E-state index < -0.39 is 10.0 Å². The summed E-state index contributed by atoms with van der Waals surface area (Å²) in [6, 6.07) is 19.0. The number of benzene rings is 3. The molecule has 0 unspecified atom stereocenters. The van der Waals surface area contributed by atoms with Gasteiger partial charge in [-0.2, -0.15) is 4.37 Å². The van der Waals surface area contributed by atoms with E-state index in [0.717, 1.165) is 62.2 Å². The summed E-state index contributed by atoms with van der Waals surface area (Å²) < 4.78 is 34.1. The molecule has 1 fully saturated rings. The van der Waals surface area contributed by atoms with Crippen LogP contribution in [-0.4, -0.2) is 57.0 Å². The van der Waals surface area contributed by atoms with Gasteiger partial charge >= 0.3 is 0 Å². The van der Waals surface area contributed by atoms with Crippen LogP contribution in [0.25, 0.3) is 20.9 Å². The molecule has 0 bridgehead atoms. The van der Waals surface area contributed by atoms with Crippen LogP contribution in [0.2, 0.25) is 5.02 Å². The number of hydrogen-bond acceptors (Lipinski definition) is 6. The average molecular weight is 515 g/mol. The quantitative estimate of drug-likeness (QED) is 0.336. The third-order valence-electron chi connectivity index (χ3n) is 6.31. The number of sulfonamides is 1. The summed E-state index contributed by atoms with van der Waals surface area (Å²) in [5.41, 5.74) is 0. The molecular weight excluding hydrogens is 488 g/mol. The molecule has 178 valence electrons. The topological polar surface area (TPSA) is 65.5 Å². The van der Waals surface area contributed by atoms with Gasteiger partial charge in [0.25, 0.3) is 0 Å². The fraction of sp³-hybridized carbons (Fsp3) is 0.320. The molecule has 9 heteroatoms. The lowest BCUT2D eigenvalue weighted by Gasteiger charge is -2.35. The van der Waals surface area contributed by atoms with Gasteiger partial charge in [0.15, 0.2) is 0 Å². The Bertz CT molecular complexity index is 1400. The lowest BCUT2D eigenvalue weighted by molar-refractivity contribution is 0.253. The van der Waals surface area contributed by atoms with Crippen molar-refractivity contribution in [2.45, 2.75) is 17.7 Å². The maximum absolute atomic E-state index is 12.7. The Kier molecular flexibility index (Phi) is 7.04. The van der Waals surface area contributed by atoms with E-state index in [9.17, 15) is 8.42 Å². The predicted molar refractivity (Wildman–Crippen MR) is 142 cm³/mol. The summed E-state index contributed by atoms with van der Waals surface area (Å²) in [5.74, 6) is 1.10. The Labute approximate surface area is 209 Å². The van der Waals surface area contributed by atoms with Gasteiger partial charge in [0.2, 0.25) is 10.0 Å². The summed E-state index contributed by atoms with van der Waals surface area (Å²) in [6.45, 7) is 5.33. The fourth-order valence-electron chi connectivity index (χ4n) is 4.40. The highest BCUT2D eigenvalue weighted by Crippen LogP contribution is 2.30. The lowest BCUT2D eigenvalue weighted by atomic mass is 10.1. The highest BCUT2D eigenvalue weighted by molar-refractivity contribution is 7.89. The van der Waals surface area contributed by atoms with Gasteiger partial charge in [0, 0.05) is 43.1 Å². The van der Waals surface area contributed by atoms with E-state index in [1.807, 2.05) is 12.1 Å². The minimum atomic E-state index is -3.54. The van der Waals surface area contributed by atoms with Crippen molar-refractivity contribution in [1.82, 2.24) is 14.0 Å². The Hall–Kier alpha value is -2.23. The van der Waals surface area contributed by atoms with E-state index in [2.05, 4.69) is 43.2 Å². The van der Waals surface area contributed by atoms with Crippen LogP contribution in [0.5, 0.6) is 0 Å². The number of nitrogens with one attached hydrogen (secondary N) is 1. The van der Waals surface area contributed by atoms with Crippen LogP contribution in [0.4, 0.5) is 5.82 Å². The molecule has 0 aliphatic carbocycles. The second kappa shape index (κ2) is 10.2. The van der Waals surface area contributed by atoms with Gasteiger partial charge in [-0.1, -0.05) is 35.9 Å². The minimum Gasteiger partial charge on any atom is -0.353 e. The summed E-state index contributed by atoms with van der Waals surface area (Å²) >= 11 is 7.61. The minimum absolute atomic E-state index is 0.271. The molecule has 0 amide bonds. The van der Waals surface area contributed by atoms with Crippen molar-refractivity contribution in [3.05, 3.63) is 65.7 Å². The van der Waals surface area contributed by atoms with Crippen molar-refractivity contribution >= 4 is 59.8 Å². The molecule has 5 rings (SSSR count). The SMILES string of the molecule is O=S(=O)(NCCCCN1CCN(c2nsc3ccccc23)CC1)c1ccc2ccc(Cl)cc2c1. The van der Waals surface area contributed by atoms with Crippen molar-refractivity contribution in [3.8, 4) is 0 Å². The molecule has 0 atom stereocenters. The van der Waals surface area contributed by atoms with Gasteiger partial charge in [-0.15, -0.1) is 0 Å². The second-order valence-corrected chi connectivity index (χ2v) is 11.6.